The summed E-state index contributed by atoms with van der Waals surface area (Å²) >= 11 is 1.63. The summed E-state index contributed by atoms with van der Waals surface area (Å²) < 4.78 is 13.3. The second-order valence-corrected chi connectivity index (χ2v) is 3.71. The third-order valence-electron chi connectivity index (χ3n) is 2.04. The van der Waals surface area contributed by atoms with E-state index in [1.54, 1.807) is 17.8 Å². The van der Waals surface area contributed by atoms with Gasteiger partial charge in [-0.25, -0.2) is 4.39 Å². The predicted octanol–water partition coefficient (Wildman–Crippen LogP) is 3.00. The van der Waals surface area contributed by atoms with Crippen LogP contribution in [0.15, 0.2) is 23.1 Å². The van der Waals surface area contributed by atoms with E-state index in [-0.39, 0.29) is 5.82 Å². The van der Waals surface area contributed by atoms with E-state index >= 15 is 0 Å². The molecule has 0 unspecified atom stereocenters. The molecule has 0 heterocycles. The monoisotopic (exact) mass is 199 g/mol. The maximum Gasteiger partial charge on any atom is 0.146 e. The van der Waals surface area contributed by atoms with E-state index < -0.39 is 0 Å². The van der Waals surface area contributed by atoms with E-state index in [4.69, 9.17) is 0 Å². The summed E-state index contributed by atoms with van der Waals surface area (Å²) in [5.74, 6) is -0.151. The van der Waals surface area contributed by atoms with Crippen LogP contribution in [0, 0.1) is 5.82 Å². The summed E-state index contributed by atoms with van der Waals surface area (Å²) in [4.78, 5) is 2.99. The van der Waals surface area contributed by atoms with Crippen molar-refractivity contribution < 1.29 is 4.39 Å². The molecule has 13 heavy (non-hydrogen) atoms. The van der Waals surface area contributed by atoms with Crippen molar-refractivity contribution in [3.8, 4) is 0 Å². The van der Waals surface area contributed by atoms with Crippen molar-refractivity contribution in [2.45, 2.75) is 11.8 Å². The van der Waals surface area contributed by atoms with Crippen LogP contribution in [0.5, 0.6) is 0 Å². The van der Waals surface area contributed by atoms with Gasteiger partial charge in [0, 0.05) is 18.5 Å². The summed E-state index contributed by atoms with van der Waals surface area (Å²) in [7, 11) is 1.89. The van der Waals surface area contributed by atoms with E-state index in [1.165, 1.54) is 6.07 Å². The van der Waals surface area contributed by atoms with Gasteiger partial charge < -0.3 is 4.90 Å². The number of halogens is 1. The normalized spacial score (nSPS) is 10.2. The Hall–Kier alpha value is -0.700. The molecule has 0 saturated heterocycles. The Morgan fingerprint density at radius 2 is 2.15 bits per heavy atom. The first-order valence-corrected chi connectivity index (χ1v) is 5.46. The van der Waals surface area contributed by atoms with Crippen molar-refractivity contribution in [1.29, 1.82) is 0 Å². The molecule has 0 saturated carbocycles. The fourth-order valence-corrected chi connectivity index (χ4v) is 1.52. The van der Waals surface area contributed by atoms with Gasteiger partial charge in [0.05, 0.1) is 5.69 Å². The van der Waals surface area contributed by atoms with Crippen LogP contribution in [-0.2, 0) is 0 Å². The summed E-state index contributed by atoms with van der Waals surface area (Å²) in [6.07, 6.45) is 1.99. The summed E-state index contributed by atoms with van der Waals surface area (Å²) in [6, 6.07) is 5.20. The molecule has 0 fully saturated rings. The van der Waals surface area contributed by atoms with Gasteiger partial charge in [0.1, 0.15) is 5.82 Å². The lowest BCUT2D eigenvalue weighted by Crippen LogP contribution is -2.17. The first-order valence-electron chi connectivity index (χ1n) is 4.23. The van der Waals surface area contributed by atoms with Gasteiger partial charge in [-0.05, 0) is 31.4 Å². The topological polar surface area (TPSA) is 3.24 Å². The highest BCUT2D eigenvalue weighted by Crippen LogP contribution is 2.24. The van der Waals surface area contributed by atoms with Gasteiger partial charge in [0.2, 0.25) is 0 Å². The summed E-state index contributed by atoms with van der Waals surface area (Å²) in [5.41, 5.74) is 0.675. The molecule has 1 rings (SSSR count). The number of hydrogen-bond acceptors (Lipinski definition) is 2. The number of benzene rings is 1. The molecule has 0 radical (unpaired) electrons. The maximum atomic E-state index is 13.3. The average molecular weight is 199 g/mol. The number of hydrogen-bond donors (Lipinski definition) is 0. The molecule has 1 aromatic rings. The van der Waals surface area contributed by atoms with Crippen molar-refractivity contribution in [2.24, 2.45) is 0 Å². The molecule has 0 aliphatic heterocycles. The molecule has 0 atom stereocenters. The quantitative estimate of drug-likeness (QED) is 0.688. The van der Waals surface area contributed by atoms with Crippen LogP contribution in [0.25, 0.3) is 0 Å². The Morgan fingerprint density at radius 1 is 1.46 bits per heavy atom. The lowest BCUT2D eigenvalue weighted by Gasteiger charge is -2.17. The zero-order chi connectivity index (χ0) is 9.84. The maximum absolute atomic E-state index is 13.3. The van der Waals surface area contributed by atoms with Gasteiger partial charge in [-0.2, -0.15) is 0 Å². The van der Waals surface area contributed by atoms with Crippen LogP contribution < -0.4 is 4.90 Å². The number of rotatable bonds is 3. The minimum atomic E-state index is -0.151. The largest absolute Gasteiger partial charge is 0.372 e. The van der Waals surface area contributed by atoms with Crippen LogP contribution in [0.1, 0.15) is 6.92 Å². The third-order valence-corrected chi connectivity index (χ3v) is 2.76. The highest BCUT2D eigenvalue weighted by molar-refractivity contribution is 7.98. The Labute approximate surface area is 82.9 Å². The molecule has 1 nitrogen and oxygen atoms in total. The van der Waals surface area contributed by atoms with Crippen LogP contribution in [0.2, 0.25) is 0 Å². The highest BCUT2D eigenvalue weighted by atomic mass is 32.2. The molecule has 0 spiro atoms. The molecule has 0 aliphatic rings. The van der Waals surface area contributed by atoms with Crippen molar-refractivity contribution in [3.63, 3.8) is 0 Å². The van der Waals surface area contributed by atoms with Crippen LogP contribution in [-0.4, -0.2) is 19.8 Å². The molecule has 0 amide bonds. The molecule has 1 aromatic carbocycles. The number of thioether (sulfide) groups is 1. The Morgan fingerprint density at radius 3 is 2.69 bits per heavy atom. The number of anilines is 1. The predicted molar refractivity (Wildman–Crippen MR) is 57.1 cm³/mol. The van der Waals surface area contributed by atoms with Gasteiger partial charge in [-0.3, -0.25) is 0 Å². The van der Waals surface area contributed by atoms with E-state index in [2.05, 4.69) is 0 Å². The second-order valence-electron chi connectivity index (χ2n) is 2.83. The molecule has 72 valence electrons. The third kappa shape index (κ3) is 2.37. The zero-order valence-electron chi connectivity index (χ0n) is 8.17. The van der Waals surface area contributed by atoms with Gasteiger partial charge in [0.15, 0.2) is 0 Å². The van der Waals surface area contributed by atoms with Crippen molar-refractivity contribution >= 4 is 17.4 Å². The van der Waals surface area contributed by atoms with Crippen molar-refractivity contribution in [3.05, 3.63) is 24.0 Å². The molecule has 0 aromatic heterocycles. The fraction of sp³-hybridized carbons (Fsp3) is 0.400. The average Bonchev–Trinajstić information content (AvgIpc) is 2.17. The standard InChI is InChI=1S/C10H14FNS/c1-4-12(2)10-7-8(13-3)5-6-9(10)11/h5-7H,4H2,1-3H3. The van der Waals surface area contributed by atoms with E-state index in [0.717, 1.165) is 11.4 Å². The molecular formula is C10H14FNS. The molecule has 0 N–H and O–H groups in total. The van der Waals surface area contributed by atoms with Gasteiger partial charge in [0.25, 0.3) is 0 Å². The first-order chi connectivity index (χ1) is 6.19. The first kappa shape index (κ1) is 10.4. The van der Waals surface area contributed by atoms with Crippen molar-refractivity contribution in [2.75, 3.05) is 24.7 Å². The molecular weight excluding hydrogens is 185 g/mol. The van der Waals surface area contributed by atoms with E-state index in [1.807, 2.05) is 31.2 Å². The molecule has 3 heteroatoms. The van der Waals surface area contributed by atoms with Crippen molar-refractivity contribution in [1.82, 2.24) is 0 Å². The lowest BCUT2D eigenvalue weighted by molar-refractivity contribution is 0.622. The SMILES string of the molecule is CCN(C)c1cc(SC)ccc1F. The van der Waals surface area contributed by atoms with E-state index in [0.29, 0.717) is 5.69 Å². The summed E-state index contributed by atoms with van der Waals surface area (Å²) in [6.45, 7) is 2.82. The second kappa shape index (κ2) is 4.51. The van der Waals surface area contributed by atoms with E-state index in [9.17, 15) is 4.39 Å². The fourth-order valence-electron chi connectivity index (χ4n) is 1.08. The zero-order valence-corrected chi connectivity index (χ0v) is 8.99. The Bertz CT molecular complexity index is 288. The minimum absolute atomic E-state index is 0.151. The van der Waals surface area contributed by atoms with Crippen LogP contribution in [0.4, 0.5) is 10.1 Å². The minimum Gasteiger partial charge on any atom is -0.372 e. The smallest absolute Gasteiger partial charge is 0.146 e. The van der Waals surface area contributed by atoms with Crippen LogP contribution in [0.3, 0.4) is 0 Å². The Kier molecular flexibility index (Phi) is 3.60. The Balaban J connectivity index is 3.03. The lowest BCUT2D eigenvalue weighted by atomic mass is 10.3. The van der Waals surface area contributed by atoms with Crippen LogP contribution >= 0.6 is 11.8 Å². The summed E-state index contributed by atoms with van der Waals surface area (Å²) in [5, 5.41) is 0. The van der Waals surface area contributed by atoms with Gasteiger partial charge in [-0.15, -0.1) is 11.8 Å². The number of nitrogens with zero attached hydrogens (tertiary/aromatic N) is 1. The molecule has 0 aliphatic carbocycles. The van der Waals surface area contributed by atoms with Gasteiger partial charge in [-0.1, -0.05) is 0 Å². The highest BCUT2D eigenvalue weighted by Gasteiger charge is 2.06. The van der Waals surface area contributed by atoms with Gasteiger partial charge >= 0.3 is 0 Å². The molecule has 0 bridgehead atoms.